The number of likely N-dealkylation sites (N-methyl/N-ethyl adjacent to an activating group) is 1. The van der Waals surface area contributed by atoms with Crippen molar-refractivity contribution < 1.29 is 23.2 Å². The van der Waals surface area contributed by atoms with Crippen molar-refractivity contribution in [3.05, 3.63) is 64.7 Å². The van der Waals surface area contributed by atoms with Gasteiger partial charge < -0.3 is 25.7 Å². The minimum atomic E-state index is -0.765. The predicted octanol–water partition coefficient (Wildman–Crippen LogP) is 3.18. The fourth-order valence-corrected chi connectivity index (χ4v) is 5.03. The van der Waals surface area contributed by atoms with Crippen molar-refractivity contribution in [1.29, 1.82) is 0 Å². The topological polar surface area (TPSA) is 125 Å². The third-order valence-electron chi connectivity index (χ3n) is 7.69. The van der Waals surface area contributed by atoms with Crippen LogP contribution >= 0.6 is 0 Å². The molecule has 1 fully saturated rings. The summed E-state index contributed by atoms with van der Waals surface area (Å²) in [6.07, 6.45) is 0.0364. The molecule has 3 unspecified atom stereocenters. The highest BCUT2D eigenvalue weighted by molar-refractivity contribution is 6.02. The van der Waals surface area contributed by atoms with Gasteiger partial charge in [-0.15, -0.1) is 0 Å². The number of hydrogen-bond donors (Lipinski definition) is 3. The maximum Gasteiger partial charge on any atom is 0.271 e. The van der Waals surface area contributed by atoms with E-state index in [4.69, 9.17) is 10.6 Å². The highest BCUT2D eigenvalue weighted by Gasteiger charge is 2.34. The largest absolute Gasteiger partial charge is 0.391 e. The molecule has 0 radical (unpaired) electrons. The minimum absolute atomic E-state index is 0.0288. The van der Waals surface area contributed by atoms with E-state index in [0.717, 1.165) is 5.56 Å². The van der Waals surface area contributed by atoms with Crippen LogP contribution in [0.3, 0.4) is 0 Å². The Labute approximate surface area is 244 Å². The molecule has 0 aromatic heterocycles. The molecule has 2 aliphatic heterocycles. The summed E-state index contributed by atoms with van der Waals surface area (Å²) in [6.45, 7) is 9.08. The number of anilines is 1. The number of carbonyl (C=O) groups excluding carboxylic acids is 2. The van der Waals surface area contributed by atoms with Gasteiger partial charge in [-0.25, -0.2) is 14.2 Å². The van der Waals surface area contributed by atoms with Crippen LogP contribution in [0.1, 0.15) is 61.5 Å². The summed E-state index contributed by atoms with van der Waals surface area (Å²) >= 11 is 0. The first-order valence-electron chi connectivity index (χ1n) is 14.1. The number of hydrazone groups is 1. The van der Waals surface area contributed by atoms with Gasteiger partial charge in [0.25, 0.3) is 5.91 Å². The van der Waals surface area contributed by atoms with Gasteiger partial charge in [0.05, 0.1) is 5.71 Å². The Kier molecular flexibility index (Phi) is 9.77. The standard InChI is InChI=1S/C30H39F2N7O3/c1-17(2)20-6-8-21(9-7-20)30(41)36-35-29(33)26-16-38(5)10-11-39(26)28-23(31)12-22(13-24(28)32)25-14-27(42-37-25)18(3)15-34-19(4)40/h6-9,12-13,17-18,26-27H,10-11,14-16H2,1-5H3,(H2,33,35)(H,34,40)(H,36,41). The summed E-state index contributed by atoms with van der Waals surface area (Å²) in [5, 5.41) is 10.9. The van der Waals surface area contributed by atoms with Gasteiger partial charge in [0, 0.05) is 56.6 Å². The molecule has 1 saturated heterocycles. The Morgan fingerprint density at radius 2 is 1.81 bits per heavy atom. The van der Waals surface area contributed by atoms with E-state index in [1.807, 2.05) is 31.0 Å². The lowest BCUT2D eigenvalue weighted by atomic mass is 9.96. The number of oxime groups is 1. The van der Waals surface area contributed by atoms with Crippen LogP contribution in [-0.4, -0.2) is 73.6 Å². The summed E-state index contributed by atoms with van der Waals surface area (Å²) in [6, 6.07) is 9.00. The predicted molar refractivity (Wildman–Crippen MR) is 158 cm³/mol. The van der Waals surface area contributed by atoms with E-state index in [-0.39, 0.29) is 35.0 Å². The first-order valence-corrected chi connectivity index (χ1v) is 14.1. The number of hydrogen-bond acceptors (Lipinski definition) is 7. The van der Waals surface area contributed by atoms with Crippen LogP contribution in [0.5, 0.6) is 0 Å². The second-order valence-electron chi connectivity index (χ2n) is 11.3. The van der Waals surface area contributed by atoms with E-state index >= 15 is 8.78 Å². The molecule has 12 heteroatoms. The number of carbonyl (C=O) groups is 2. The number of nitrogens with two attached hydrogens (primary N) is 1. The average Bonchev–Trinajstić information content (AvgIpc) is 3.45. The summed E-state index contributed by atoms with van der Waals surface area (Å²) < 4.78 is 31.2. The Balaban J connectivity index is 1.49. The Hall–Kier alpha value is -4.06. The second kappa shape index (κ2) is 13.3. The van der Waals surface area contributed by atoms with Gasteiger partial charge in [-0.1, -0.05) is 38.1 Å². The number of nitrogens with zero attached hydrogens (tertiary/aromatic N) is 4. The van der Waals surface area contributed by atoms with E-state index in [1.54, 1.807) is 17.0 Å². The number of rotatable bonds is 9. The lowest BCUT2D eigenvalue weighted by molar-refractivity contribution is -0.119. The Morgan fingerprint density at radius 3 is 2.43 bits per heavy atom. The summed E-state index contributed by atoms with van der Waals surface area (Å²) in [4.78, 5) is 32.9. The van der Waals surface area contributed by atoms with Crippen LogP contribution in [0.15, 0.2) is 46.7 Å². The Bertz CT molecular complexity index is 1340. The van der Waals surface area contributed by atoms with Crippen LogP contribution in [0.25, 0.3) is 0 Å². The molecule has 4 N–H and O–H groups in total. The molecule has 0 aliphatic carbocycles. The zero-order valence-corrected chi connectivity index (χ0v) is 24.7. The second-order valence-corrected chi connectivity index (χ2v) is 11.3. The molecular weight excluding hydrogens is 544 g/mol. The van der Waals surface area contributed by atoms with Gasteiger partial charge in [-0.3, -0.25) is 9.59 Å². The van der Waals surface area contributed by atoms with Crippen LogP contribution in [0.4, 0.5) is 14.5 Å². The lowest BCUT2D eigenvalue weighted by Gasteiger charge is -2.41. The maximum absolute atomic E-state index is 15.6. The Morgan fingerprint density at radius 1 is 1.14 bits per heavy atom. The monoisotopic (exact) mass is 583 g/mol. The van der Waals surface area contributed by atoms with Crippen molar-refractivity contribution >= 4 is 29.0 Å². The highest BCUT2D eigenvalue weighted by atomic mass is 19.1. The van der Waals surface area contributed by atoms with E-state index < -0.39 is 23.6 Å². The van der Waals surface area contributed by atoms with Crippen molar-refractivity contribution in [3.63, 3.8) is 0 Å². The molecule has 0 spiro atoms. The average molecular weight is 584 g/mol. The number of nitrogens with one attached hydrogen (secondary N) is 2. The molecule has 4 rings (SSSR count). The first-order chi connectivity index (χ1) is 19.9. The van der Waals surface area contributed by atoms with Crippen molar-refractivity contribution in [3.8, 4) is 0 Å². The number of benzene rings is 2. The molecule has 10 nitrogen and oxygen atoms in total. The van der Waals surface area contributed by atoms with Crippen molar-refractivity contribution in [1.82, 2.24) is 15.6 Å². The molecule has 0 bridgehead atoms. The van der Waals surface area contributed by atoms with Crippen LogP contribution in [0.2, 0.25) is 0 Å². The molecule has 2 aromatic carbocycles. The van der Waals surface area contributed by atoms with Gasteiger partial charge in [0.1, 0.15) is 35.3 Å². The quantitative estimate of drug-likeness (QED) is 0.237. The van der Waals surface area contributed by atoms with Crippen LogP contribution in [0, 0.1) is 17.6 Å². The number of piperazine rings is 1. The molecule has 2 heterocycles. The van der Waals surface area contributed by atoms with E-state index in [2.05, 4.69) is 34.8 Å². The SMILES string of the molecule is CC(=O)NCC(C)C1CC(c2cc(F)c(N3CCN(C)CC3/C(N)=N/NC(=O)c3ccc(C(C)C)cc3)c(F)c2)=NO1. The molecular formula is C30H39F2N7O3. The van der Waals surface area contributed by atoms with E-state index in [9.17, 15) is 9.59 Å². The molecule has 226 valence electrons. The summed E-state index contributed by atoms with van der Waals surface area (Å²) in [5.74, 6) is -1.79. The molecule has 2 aromatic rings. The normalized spacial score (nSPS) is 20.2. The molecule has 3 atom stereocenters. The van der Waals surface area contributed by atoms with Gasteiger partial charge in [0.2, 0.25) is 5.91 Å². The third kappa shape index (κ3) is 7.22. The summed E-state index contributed by atoms with van der Waals surface area (Å²) in [7, 11) is 1.88. The number of amidine groups is 1. The highest BCUT2D eigenvalue weighted by Crippen LogP contribution is 2.31. The third-order valence-corrected chi connectivity index (χ3v) is 7.69. The molecule has 0 saturated carbocycles. The molecule has 2 aliphatic rings. The lowest BCUT2D eigenvalue weighted by Crippen LogP contribution is -2.58. The van der Waals surface area contributed by atoms with Crippen molar-refractivity contribution in [2.24, 2.45) is 21.9 Å². The molecule has 42 heavy (non-hydrogen) atoms. The van der Waals surface area contributed by atoms with Crippen LogP contribution < -0.4 is 21.4 Å². The van der Waals surface area contributed by atoms with E-state index in [1.165, 1.54) is 19.1 Å². The zero-order valence-electron chi connectivity index (χ0n) is 24.7. The van der Waals surface area contributed by atoms with Crippen LogP contribution in [-0.2, 0) is 9.63 Å². The smallest absolute Gasteiger partial charge is 0.271 e. The van der Waals surface area contributed by atoms with Gasteiger partial charge in [-0.2, -0.15) is 5.10 Å². The number of halogens is 2. The fraction of sp³-hybridized carbons (Fsp3) is 0.467. The van der Waals surface area contributed by atoms with Gasteiger partial charge in [-0.05, 0) is 42.8 Å². The van der Waals surface area contributed by atoms with Gasteiger partial charge >= 0.3 is 0 Å². The van der Waals surface area contributed by atoms with Gasteiger partial charge in [0.15, 0.2) is 0 Å². The van der Waals surface area contributed by atoms with E-state index in [0.29, 0.717) is 49.8 Å². The minimum Gasteiger partial charge on any atom is -0.391 e. The van der Waals surface area contributed by atoms with Crippen molar-refractivity contribution in [2.75, 3.05) is 38.1 Å². The maximum atomic E-state index is 15.6. The molecule has 2 amide bonds. The summed E-state index contributed by atoms with van der Waals surface area (Å²) in [5.41, 5.74) is 10.8. The van der Waals surface area contributed by atoms with Crippen molar-refractivity contribution in [2.45, 2.75) is 52.2 Å². The first kappa shape index (κ1) is 30.9. The fourth-order valence-electron chi connectivity index (χ4n) is 5.03. The zero-order chi connectivity index (χ0) is 30.6. The number of amides is 2.